The quantitative estimate of drug-likeness (QED) is 0.710. The molecule has 2 N–H and O–H groups in total. The normalized spacial score (nSPS) is 11.1. The van der Waals surface area contributed by atoms with Gasteiger partial charge in [-0.2, -0.15) is 0 Å². The van der Waals surface area contributed by atoms with Gasteiger partial charge in [0.25, 0.3) is 10.0 Å². The Labute approximate surface area is 149 Å². The van der Waals surface area contributed by atoms with E-state index >= 15 is 0 Å². The lowest BCUT2D eigenvalue weighted by molar-refractivity contribution is 0.0692. The second-order valence-corrected chi connectivity index (χ2v) is 7.18. The lowest BCUT2D eigenvalue weighted by atomic mass is 10.0. The number of aromatic carboxylic acids is 1. The molecule has 26 heavy (non-hydrogen) atoms. The highest BCUT2D eigenvalue weighted by molar-refractivity contribution is 7.92. The van der Waals surface area contributed by atoms with Crippen LogP contribution in [0.1, 0.15) is 10.4 Å². The lowest BCUT2D eigenvalue weighted by Crippen LogP contribution is -2.12. The molecule has 0 heterocycles. The van der Waals surface area contributed by atoms with E-state index in [9.17, 15) is 17.6 Å². The average molecular weight is 371 g/mol. The summed E-state index contributed by atoms with van der Waals surface area (Å²) in [5.74, 6) is -2.19. The highest BCUT2D eigenvalue weighted by Gasteiger charge is 2.15. The zero-order valence-corrected chi connectivity index (χ0v) is 14.2. The molecule has 5 nitrogen and oxygen atoms in total. The number of hydrogen-bond donors (Lipinski definition) is 2. The van der Waals surface area contributed by atoms with Gasteiger partial charge in [-0.25, -0.2) is 17.6 Å². The summed E-state index contributed by atoms with van der Waals surface area (Å²) in [5, 5.41) is 9.00. The molecule has 0 saturated carbocycles. The molecular weight excluding hydrogens is 357 g/mol. The highest BCUT2D eigenvalue weighted by Crippen LogP contribution is 2.24. The van der Waals surface area contributed by atoms with Crippen molar-refractivity contribution < 1.29 is 22.7 Å². The molecule has 0 atom stereocenters. The van der Waals surface area contributed by atoms with E-state index in [1.54, 1.807) is 42.5 Å². The Balaban J connectivity index is 1.89. The minimum absolute atomic E-state index is 0.0608. The number of carbonyl (C=O) groups is 1. The van der Waals surface area contributed by atoms with Gasteiger partial charge in [-0.05, 0) is 47.5 Å². The maximum atomic E-state index is 13.5. The third-order valence-corrected chi connectivity index (χ3v) is 5.12. The van der Waals surface area contributed by atoms with E-state index in [1.165, 1.54) is 24.3 Å². The zero-order valence-electron chi connectivity index (χ0n) is 13.4. The Morgan fingerprint density at radius 1 is 0.885 bits per heavy atom. The van der Waals surface area contributed by atoms with Gasteiger partial charge in [-0.3, -0.25) is 4.72 Å². The van der Waals surface area contributed by atoms with Crippen molar-refractivity contribution in [2.75, 3.05) is 4.72 Å². The summed E-state index contributed by atoms with van der Waals surface area (Å²) >= 11 is 0. The van der Waals surface area contributed by atoms with Crippen LogP contribution < -0.4 is 4.72 Å². The molecule has 132 valence electrons. The van der Waals surface area contributed by atoms with Crippen LogP contribution in [0.4, 0.5) is 10.1 Å². The molecule has 0 aromatic heterocycles. The number of carboxylic acid groups (broad SMARTS) is 1. The SMILES string of the molecule is O=C(O)c1cc(-c2ccc(S(=O)(=O)Nc3ccccc3)cc2)ccc1F. The van der Waals surface area contributed by atoms with Crippen LogP contribution >= 0.6 is 0 Å². The fourth-order valence-electron chi connectivity index (χ4n) is 2.42. The summed E-state index contributed by atoms with van der Waals surface area (Å²) in [6.07, 6.45) is 0. The predicted octanol–water partition coefficient (Wildman–Crippen LogP) is 3.99. The monoisotopic (exact) mass is 371 g/mol. The van der Waals surface area contributed by atoms with Crippen LogP contribution in [-0.4, -0.2) is 19.5 Å². The molecule has 0 bridgehead atoms. The van der Waals surface area contributed by atoms with Crippen molar-refractivity contribution in [3.63, 3.8) is 0 Å². The number of rotatable bonds is 5. The highest BCUT2D eigenvalue weighted by atomic mass is 32.2. The summed E-state index contributed by atoms with van der Waals surface area (Å²) < 4.78 is 40.8. The second kappa shape index (κ2) is 6.97. The number of benzene rings is 3. The zero-order chi connectivity index (χ0) is 18.7. The number of anilines is 1. The van der Waals surface area contributed by atoms with Crippen molar-refractivity contribution in [3.05, 3.63) is 84.2 Å². The van der Waals surface area contributed by atoms with Gasteiger partial charge >= 0.3 is 5.97 Å². The van der Waals surface area contributed by atoms with Gasteiger partial charge in [0, 0.05) is 5.69 Å². The largest absolute Gasteiger partial charge is 0.478 e. The Morgan fingerprint density at radius 2 is 1.50 bits per heavy atom. The number of halogens is 1. The summed E-state index contributed by atoms with van der Waals surface area (Å²) in [7, 11) is -3.74. The predicted molar refractivity (Wildman–Crippen MR) is 96.0 cm³/mol. The van der Waals surface area contributed by atoms with Crippen LogP contribution in [-0.2, 0) is 10.0 Å². The number of carboxylic acids is 1. The van der Waals surface area contributed by atoms with E-state index in [0.717, 1.165) is 6.07 Å². The fourth-order valence-corrected chi connectivity index (χ4v) is 3.47. The third-order valence-electron chi connectivity index (χ3n) is 3.72. The standard InChI is InChI=1S/C19H14FNO4S/c20-18-11-8-14(12-17(18)19(22)23)13-6-9-16(10-7-13)26(24,25)21-15-4-2-1-3-5-15/h1-12,21H,(H,22,23). The maximum absolute atomic E-state index is 13.5. The van der Waals surface area contributed by atoms with Crippen LogP contribution in [0.25, 0.3) is 11.1 Å². The van der Waals surface area contributed by atoms with Crippen LogP contribution in [0.2, 0.25) is 0 Å². The molecule has 0 amide bonds. The molecule has 0 aliphatic carbocycles. The Morgan fingerprint density at radius 3 is 2.12 bits per heavy atom. The first-order valence-corrected chi connectivity index (χ1v) is 9.06. The van der Waals surface area contributed by atoms with Gasteiger partial charge in [0.15, 0.2) is 0 Å². The van der Waals surface area contributed by atoms with Gasteiger partial charge in [-0.1, -0.05) is 36.4 Å². The van der Waals surface area contributed by atoms with Crippen molar-refractivity contribution in [3.8, 4) is 11.1 Å². The van der Waals surface area contributed by atoms with Gasteiger partial charge in [-0.15, -0.1) is 0 Å². The third kappa shape index (κ3) is 3.73. The molecule has 0 aliphatic rings. The van der Waals surface area contributed by atoms with Crippen molar-refractivity contribution >= 4 is 21.7 Å². The number of hydrogen-bond acceptors (Lipinski definition) is 3. The first-order chi connectivity index (χ1) is 12.4. The number of para-hydroxylation sites is 1. The van der Waals surface area contributed by atoms with E-state index in [1.807, 2.05) is 0 Å². The van der Waals surface area contributed by atoms with E-state index in [2.05, 4.69) is 4.72 Å². The number of sulfonamides is 1. The Bertz CT molecular complexity index is 1050. The van der Waals surface area contributed by atoms with E-state index < -0.39 is 27.4 Å². The van der Waals surface area contributed by atoms with Crippen LogP contribution in [0, 0.1) is 5.82 Å². The van der Waals surface area contributed by atoms with Gasteiger partial charge in [0.05, 0.1) is 10.5 Å². The molecule has 3 rings (SSSR count). The average Bonchev–Trinajstić information content (AvgIpc) is 2.62. The van der Waals surface area contributed by atoms with Crippen molar-refractivity contribution in [2.24, 2.45) is 0 Å². The Hall–Kier alpha value is -3.19. The molecule has 0 spiro atoms. The smallest absolute Gasteiger partial charge is 0.338 e. The molecule has 0 aliphatic heterocycles. The molecule has 0 radical (unpaired) electrons. The minimum Gasteiger partial charge on any atom is -0.478 e. The van der Waals surface area contributed by atoms with Gasteiger partial charge in [0.2, 0.25) is 0 Å². The molecule has 0 unspecified atom stereocenters. The second-order valence-electron chi connectivity index (χ2n) is 5.50. The van der Waals surface area contributed by atoms with Crippen LogP contribution in [0.15, 0.2) is 77.7 Å². The van der Waals surface area contributed by atoms with Crippen LogP contribution in [0.3, 0.4) is 0 Å². The van der Waals surface area contributed by atoms with Crippen molar-refractivity contribution in [2.45, 2.75) is 4.90 Å². The van der Waals surface area contributed by atoms with Gasteiger partial charge in [0.1, 0.15) is 5.82 Å². The lowest BCUT2D eigenvalue weighted by Gasteiger charge is -2.09. The summed E-state index contributed by atoms with van der Waals surface area (Å²) in [6.45, 7) is 0. The molecule has 3 aromatic rings. The molecule has 0 saturated heterocycles. The first kappa shape index (κ1) is 17.6. The molecule has 0 fully saturated rings. The summed E-state index contributed by atoms with van der Waals surface area (Å²) in [4.78, 5) is 11.1. The van der Waals surface area contributed by atoms with E-state index in [-0.39, 0.29) is 4.90 Å². The molecular formula is C19H14FNO4S. The Kier molecular flexibility index (Phi) is 4.73. The maximum Gasteiger partial charge on any atom is 0.338 e. The first-order valence-electron chi connectivity index (χ1n) is 7.58. The van der Waals surface area contributed by atoms with Crippen LogP contribution in [0.5, 0.6) is 0 Å². The minimum atomic E-state index is -3.74. The molecule has 3 aromatic carbocycles. The van der Waals surface area contributed by atoms with E-state index in [0.29, 0.717) is 16.8 Å². The van der Waals surface area contributed by atoms with Crippen molar-refractivity contribution in [1.29, 1.82) is 0 Å². The summed E-state index contributed by atoms with van der Waals surface area (Å²) in [6, 6.07) is 18.1. The topological polar surface area (TPSA) is 83.5 Å². The van der Waals surface area contributed by atoms with Crippen molar-refractivity contribution in [1.82, 2.24) is 0 Å². The van der Waals surface area contributed by atoms with Gasteiger partial charge < -0.3 is 5.11 Å². The fraction of sp³-hybridized carbons (Fsp3) is 0. The molecule has 7 heteroatoms. The van der Waals surface area contributed by atoms with E-state index in [4.69, 9.17) is 5.11 Å². The number of nitrogens with one attached hydrogen (secondary N) is 1. The summed E-state index contributed by atoms with van der Waals surface area (Å²) in [5.41, 5.74) is 1.06.